The van der Waals surface area contributed by atoms with E-state index in [-0.39, 0.29) is 11.9 Å². The van der Waals surface area contributed by atoms with E-state index in [1.165, 1.54) is 16.7 Å². The average molecular weight is 435 g/mol. The van der Waals surface area contributed by atoms with Crippen LogP contribution in [0.25, 0.3) is 11.3 Å². The molecule has 0 saturated carbocycles. The Hall–Kier alpha value is -3.99. The van der Waals surface area contributed by atoms with Crippen molar-refractivity contribution in [3.63, 3.8) is 0 Å². The molecular weight excluding hydrogens is 408 g/mol. The molecule has 33 heavy (non-hydrogen) atoms. The Kier molecular flexibility index (Phi) is 5.85. The molecule has 1 aromatic heterocycles. The van der Waals surface area contributed by atoms with E-state index in [4.69, 9.17) is 0 Å². The number of rotatable bonds is 5. The normalized spacial score (nSPS) is 14.9. The van der Waals surface area contributed by atoms with E-state index in [9.17, 15) is 4.79 Å². The van der Waals surface area contributed by atoms with E-state index < -0.39 is 0 Å². The highest BCUT2D eigenvalue weighted by Gasteiger charge is 2.21. The van der Waals surface area contributed by atoms with Crippen LogP contribution in [-0.2, 0) is 6.42 Å². The minimum atomic E-state index is -0.0491. The molecule has 1 aliphatic rings. The fourth-order valence-electron chi connectivity index (χ4n) is 4.39. The van der Waals surface area contributed by atoms with E-state index in [1.54, 1.807) is 6.33 Å². The molecule has 5 nitrogen and oxygen atoms in total. The molecule has 0 fully saturated rings. The number of nitrogens with zero attached hydrogens (tertiary/aromatic N) is 2. The quantitative estimate of drug-likeness (QED) is 0.404. The first-order valence-corrected chi connectivity index (χ1v) is 11.3. The Morgan fingerprint density at radius 2 is 1.79 bits per heavy atom. The molecule has 1 heterocycles. The highest BCUT2D eigenvalue weighted by atomic mass is 16.1. The van der Waals surface area contributed by atoms with E-state index in [2.05, 4.69) is 57.9 Å². The SMILES string of the molecule is Cc1cccc(-c2cc(Nc3ccc(C(=O)NC4CCCc5ccccc54)cc3)ncn2)c1. The average Bonchev–Trinajstić information content (AvgIpc) is 2.85. The molecule has 0 bridgehead atoms. The first-order valence-electron chi connectivity index (χ1n) is 11.3. The van der Waals surface area contributed by atoms with Crippen LogP contribution in [0, 0.1) is 6.92 Å². The maximum atomic E-state index is 12.9. The van der Waals surface area contributed by atoms with Crippen molar-refractivity contribution >= 4 is 17.4 Å². The van der Waals surface area contributed by atoms with Crippen LogP contribution in [0.5, 0.6) is 0 Å². The van der Waals surface area contributed by atoms with E-state index >= 15 is 0 Å². The second-order valence-electron chi connectivity index (χ2n) is 8.48. The molecule has 5 rings (SSSR count). The third-order valence-electron chi connectivity index (χ3n) is 6.08. The van der Waals surface area contributed by atoms with Crippen molar-refractivity contribution in [2.24, 2.45) is 0 Å². The van der Waals surface area contributed by atoms with Crippen molar-refractivity contribution in [2.75, 3.05) is 5.32 Å². The minimum Gasteiger partial charge on any atom is -0.345 e. The van der Waals surface area contributed by atoms with E-state index in [0.29, 0.717) is 11.4 Å². The first-order chi connectivity index (χ1) is 16.2. The number of aromatic nitrogens is 2. The summed E-state index contributed by atoms with van der Waals surface area (Å²) >= 11 is 0. The van der Waals surface area contributed by atoms with Crippen LogP contribution in [0.1, 0.15) is 45.9 Å². The number of anilines is 2. The summed E-state index contributed by atoms with van der Waals surface area (Å²) in [7, 11) is 0. The van der Waals surface area contributed by atoms with E-state index in [0.717, 1.165) is 36.2 Å². The van der Waals surface area contributed by atoms with Gasteiger partial charge >= 0.3 is 0 Å². The van der Waals surface area contributed by atoms with Crippen LogP contribution >= 0.6 is 0 Å². The van der Waals surface area contributed by atoms with Gasteiger partial charge < -0.3 is 10.6 Å². The van der Waals surface area contributed by atoms with Gasteiger partial charge in [0.2, 0.25) is 0 Å². The zero-order valence-corrected chi connectivity index (χ0v) is 18.6. The van der Waals surface area contributed by atoms with Crippen LogP contribution in [0.4, 0.5) is 11.5 Å². The molecule has 164 valence electrons. The highest BCUT2D eigenvalue weighted by molar-refractivity contribution is 5.95. The van der Waals surface area contributed by atoms with Crippen LogP contribution in [-0.4, -0.2) is 15.9 Å². The summed E-state index contributed by atoms with van der Waals surface area (Å²) in [4.78, 5) is 21.6. The summed E-state index contributed by atoms with van der Waals surface area (Å²) in [6.07, 6.45) is 4.70. The number of amides is 1. The lowest BCUT2D eigenvalue weighted by Gasteiger charge is -2.26. The molecular formula is C28H26N4O. The number of hydrogen-bond donors (Lipinski definition) is 2. The van der Waals surface area contributed by atoms with Crippen molar-refractivity contribution in [3.8, 4) is 11.3 Å². The summed E-state index contributed by atoms with van der Waals surface area (Å²) in [6, 6.07) is 26.1. The van der Waals surface area contributed by atoms with E-state index in [1.807, 2.05) is 48.5 Å². The van der Waals surface area contributed by atoms with Crippen LogP contribution in [0.3, 0.4) is 0 Å². The molecule has 0 spiro atoms. The number of carbonyl (C=O) groups is 1. The fourth-order valence-corrected chi connectivity index (χ4v) is 4.39. The predicted octanol–water partition coefficient (Wildman–Crippen LogP) is 6.00. The second-order valence-corrected chi connectivity index (χ2v) is 8.48. The van der Waals surface area contributed by atoms with Gasteiger partial charge in [-0.3, -0.25) is 4.79 Å². The third-order valence-corrected chi connectivity index (χ3v) is 6.08. The van der Waals surface area contributed by atoms with Crippen LogP contribution < -0.4 is 10.6 Å². The van der Waals surface area contributed by atoms with Crippen LogP contribution in [0.2, 0.25) is 0 Å². The fraction of sp³-hybridized carbons (Fsp3) is 0.179. The lowest BCUT2D eigenvalue weighted by molar-refractivity contribution is 0.0933. The molecule has 1 aliphatic carbocycles. The Morgan fingerprint density at radius 1 is 0.939 bits per heavy atom. The molecule has 3 aromatic carbocycles. The summed E-state index contributed by atoms with van der Waals surface area (Å²) in [6.45, 7) is 2.06. The van der Waals surface area contributed by atoms with Crippen molar-refractivity contribution in [3.05, 3.63) is 107 Å². The summed E-state index contributed by atoms with van der Waals surface area (Å²) in [5.41, 5.74) is 7.19. The topological polar surface area (TPSA) is 66.9 Å². The second kappa shape index (κ2) is 9.25. The molecule has 1 amide bonds. The van der Waals surface area contributed by atoms with Crippen LogP contribution in [0.15, 0.2) is 85.2 Å². The molecule has 1 unspecified atom stereocenters. The molecule has 0 saturated heterocycles. The minimum absolute atomic E-state index is 0.0491. The zero-order valence-electron chi connectivity index (χ0n) is 18.6. The number of aryl methyl sites for hydroxylation is 2. The number of carbonyl (C=O) groups excluding carboxylic acids is 1. The first kappa shape index (κ1) is 20.9. The number of nitrogens with one attached hydrogen (secondary N) is 2. The Balaban J connectivity index is 1.27. The zero-order chi connectivity index (χ0) is 22.6. The number of fused-ring (bicyclic) bond motifs is 1. The van der Waals surface area contributed by atoms with Crippen molar-refractivity contribution < 1.29 is 4.79 Å². The Labute approximate surface area is 193 Å². The smallest absolute Gasteiger partial charge is 0.251 e. The maximum Gasteiger partial charge on any atom is 0.251 e. The predicted molar refractivity (Wildman–Crippen MR) is 132 cm³/mol. The number of hydrogen-bond acceptors (Lipinski definition) is 4. The van der Waals surface area contributed by atoms with Gasteiger partial charge in [0.25, 0.3) is 5.91 Å². The van der Waals surface area contributed by atoms with Gasteiger partial charge in [0.05, 0.1) is 11.7 Å². The van der Waals surface area contributed by atoms with Gasteiger partial charge in [-0.2, -0.15) is 0 Å². The molecule has 2 N–H and O–H groups in total. The van der Waals surface area contributed by atoms with Gasteiger partial charge in [-0.1, -0.05) is 48.0 Å². The van der Waals surface area contributed by atoms with Gasteiger partial charge in [0.15, 0.2) is 0 Å². The molecule has 5 heteroatoms. The van der Waals surface area contributed by atoms with Gasteiger partial charge in [-0.15, -0.1) is 0 Å². The highest BCUT2D eigenvalue weighted by Crippen LogP contribution is 2.30. The molecule has 0 radical (unpaired) electrons. The molecule has 1 atom stereocenters. The number of benzene rings is 3. The maximum absolute atomic E-state index is 12.9. The van der Waals surface area contributed by atoms with Crippen molar-refractivity contribution in [1.29, 1.82) is 0 Å². The van der Waals surface area contributed by atoms with Gasteiger partial charge in [-0.05, 0) is 67.6 Å². The Bertz CT molecular complexity index is 1280. The summed E-state index contributed by atoms with van der Waals surface area (Å²) < 4.78 is 0. The monoisotopic (exact) mass is 434 g/mol. The third kappa shape index (κ3) is 4.77. The molecule has 0 aliphatic heterocycles. The lowest BCUT2D eigenvalue weighted by Crippen LogP contribution is -2.30. The van der Waals surface area contributed by atoms with Gasteiger partial charge in [0, 0.05) is 22.9 Å². The van der Waals surface area contributed by atoms with Crippen molar-refractivity contribution in [1.82, 2.24) is 15.3 Å². The van der Waals surface area contributed by atoms with Crippen molar-refractivity contribution in [2.45, 2.75) is 32.2 Å². The van der Waals surface area contributed by atoms with Gasteiger partial charge in [0.1, 0.15) is 12.1 Å². The summed E-state index contributed by atoms with van der Waals surface area (Å²) in [5.74, 6) is 0.657. The Morgan fingerprint density at radius 3 is 2.64 bits per heavy atom. The largest absolute Gasteiger partial charge is 0.345 e. The summed E-state index contributed by atoms with van der Waals surface area (Å²) in [5, 5.41) is 6.52. The lowest BCUT2D eigenvalue weighted by atomic mass is 9.87. The standard InChI is InChI=1S/C28H26N4O/c1-19-6-4-9-22(16-19)26-17-27(30-18-29-26)31-23-14-12-21(13-15-23)28(33)32-25-11-5-8-20-7-2-3-10-24(20)25/h2-4,6-7,9-10,12-18,25H,5,8,11H2,1H3,(H,32,33)(H,29,30,31). The molecule has 4 aromatic rings. The van der Waals surface area contributed by atoms with Gasteiger partial charge in [-0.25, -0.2) is 9.97 Å².